The second-order valence-corrected chi connectivity index (χ2v) is 9.61. The molecule has 170 valence electrons. The van der Waals surface area contributed by atoms with Gasteiger partial charge < -0.3 is 0 Å². The Morgan fingerprint density at radius 3 is 0.939 bits per heavy atom. The maximum Gasteiger partial charge on any atom is -0.00256 e. The molecule has 4 rings (SSSR count). The molecule has 0 saturated carbocycles. The van der Waals surface area contributed by atoms with Gasteiger partial charge in [0.15, 0.2) is 0 Å². The zero-order valence-electron chi connectivity index (χ0n) is 21.6. The summed E-state index contributed by atoms with van der Waals surface area (Å²) >= 11 is 0. The van der Waals surface area contributed by atoms with Gasteiger partial charge >= 0.3 is 0 Å². The van der Waals surface area contributed by atoms with Crippen molar-refractivity contribution in [2.75, 3.05) is 0 Å². The van der Waals surface area contributed by atoms with Crippen LogP contribution in [0.2, 0.25) is 0 Å². The molecule has 0 N–H and O–H groups in total. The van der Waals surface area contributed by atoms with E-state index >= 15 is 0 Å². The monoisotopic (exact) mass is 434 g/mol. The third-order valence-electron chi connectivity index (χ3n) is 6.90. The minimum absolute atomic E-state index is 1.03. The normalized spacial score (nSPS) is 10.5. The zero-order valence-corrected chi connectivity index (χ0v) is 21.6. The summed E-state index contributed by atoms with van der Waals surface area (Å²) in [5, 5.41) is 0. The lowest BCUT2D eigenvalue weighted by atomic mass is 9.98. The van der Waals surface area contributed by atoms with Crippen LogP contribution in [0.25, 0.3) is 11.1 Å². The largest absolute Gasteiger partial charge is 0.0588 e. The summed E-state index contributed by atoms with van der Waals surface area (Å²) in [4.78, 5) is 0. The SMILES string of the molecule is Cc1ccc(-c2ccc(C)c(C)c2)cc1C.Cc1ccc(Cc2ccc(C)c(C)c2)cc1C. The van der Waals surface area contributed by atoms with Gasteiger partial charge in [-0.05, 0) is 129 Å². The third kappa shape index (κ3) is 6.45. The van der Waals surface area contributed by atoms with E-state index in [0.29, 0.717) is 0 Å². The summed E-state index contributed by atoms with van der Waals surface area (Å²) in [5.41, 5.74) is 16.3. The van der Waals surface area contributed by atoms with E-state index in [9.17, 15) is 0 Å². The number of hydrogen-bond acceptors (Lipinski definition) is 0. The standard InChI is InChI=1S/C17H20.C16H18/c1-12-5-7-16(9-14(12)3)11-17-8-6-13(2)15(4)10-17;1-11-5-7-15(9-13(11)3)16-8-6-12(2)14(4)10-16/h5-10H,11H2,1-4H3;5-10H,1-4H3. The molecule has 0 aromatic heterocycles. The van der Waals surface area contributed by atoms with Gasteiger partial charge in [0.05, 0.1) is 0 Å². The van der Waals surface area contributed by atoms with E-state index in [4.69, 9.17) is 0 Å². The Bertz CT molecular complexity index is 1160. The first-order valence-corrected chi connectivity index (χ1v) is 11.9. The van der Waals surface area contributed by atoms with Gasteiger partial charge in [-0.25, -0.2) is 0 Å². The van der Waals surface area contributed by atoms with Crippen molar-refractivity contribution in [1.82, 2.24) is 0 Å². The molecule has 0 aliphatic heterocycles. The highest BCUT2D eigenvalue weighted by molar-refractivity contribution is 5.66. The van der Waals surface area contributed by atoms with Crippen molar-refractivity contribution in [3.63, 3.8) is 0 Å². The van der Waals surface area contributed by atoms with Crippen molar-refractivity contribution in [3.8, 4) is 11.1 Å². The van der Waals surface area contributed by atoms with Crippen LogP contribution < -0.4 is 0 Å². The van der Waals surface area contributed by atoms with E-state index in [1.807, 2.05) is 0 Å². The summed E-state index contributed by atoms with van der Waals surface area (Å²) < 4.78 is 0. The molecule has 0 aliphatic carbocycles. The Kier molecular flexibility index (Phi) is 7.92. The highest BCUT2D eigenvalue weighted by Crippen LogP contribution is 2.24. The molecule has 0 radical (unpaired) electrons. The third-order valence-corrected chi connectivity index (χ3v) is 6.90. The van der Waals surface area contributed by atoms with Gasteiger partial charge in [-0.15, -0.1) is 0 Å². The van der Waals surface area contributed by atoms with Crippen LogP contribution in [0, 0.1) is 55.4 Å². The van der Waals surface area contributed by atoms with Crippen molar-refractivity contribution in [2.45, 2.75) is 61.8 Å². The first-order valence-electron chi connectivity index (χ1n) is 11.9. The quantitative estimate of drug-likeness (QED) is 0.301. The number of rotatable bonds is 3. The van der Waals surface area contributed by atoms with Crippen LogP contribution in [0.3, 0.4) is 0 Å². The molecule has 4 aromatic carbocycles. The molecular weight excluding hydrogens is 396 g/mol. The Morgan fingerprint density at radius 1 is 0.333 bits per heavy atom. The maximum absolute atomic E-state index is 2.30. The van der Waals surface area contributed by atoms with E-state index in [-0.39, 0.29) is 0 Å². The lowest BCUT2D eigenvalue weighted by Gasteiger charge is -2.08. The molecule has 0 amide bonds. The van der Waals surface area contributed by atoms with Crippen LogP contribution in [-0.4, -0.2) is 0 Å². The van der Waals surface area contributed by atoms with Crippen molar-refractivity contribution in [3.05, 3.63) is 128 Å². The molecule has 33 heavy (non-hydrogen) atoms. The summed E-state index contributed by atoms with van der Waals surface area (Å²) in [6.07, 6.45) is 1.03. The van der Waals surface area contributed by atoms with Crippen molar-refractivity contribution >= 4 is 0 Å². The van der Waals surface area contributed by atoms with Crippen LogP contribution in [0.5, 0.6) is 0 Å². The molecule has 0 fully saturated rings. The van der Waals surface area contributed by atoms with E-state index in [1.54, 1.807) is 0 Å². The second-order valence-electron chi connectivity index (χ2n) is 9.61. The topological polar surface area (TPSA) is 0 Å². The molecular formula is C33H38. The van der Waals surface area contributed by atoms with E-state index in [1.165, 1.54) is 66.8 Å². The number of aryl methyl sites for hydroxylation is 8. The van der Waals surface area contributed by atoms with Crippen molar-refractivity contribution < 1.29 is 0 Å². The van der Waals surface area contributed by atoms with Gasteiger partial charge in [0.1, 0.15) is 0 Å². The molecule has 0 spiro atoms. The average Bonchev–Trinajstić information content (AvgIpc) is 2.78. The molecule has 0 saturated heterocycles. The first-order chi connectivity index (χ1) is 15.6. The minimum Gasteiger partial charge on any atom is -0.0588 e. The maximum atomic E-state index is 2.30. The van der Waals surface area contributed by atoms with Crippen molar-refractivity contribution in [1.29, 1.82) is 0 Å². The Labute approximate surface area is 201 Å². The average molecular weight is 435 g/mol. The first kappa shape index (κ1) is 24.5. The lowest BCUT2D eigenvalue weighted by molar-refractivity contribution is 1.15. The molecule has 0 bridgehead atoms. The van der Waals surface area contributed by atoms with Gasteiger partial charge in [-0.1, -0.05) is 72.8 Å². The fourth-order valence-electron chi connectivity index (χ4n) is 3.90. The smallest absolute Gasteiger partial charge is 0.00256 e. The summed E-state index contributed by atoms with van der Waals surface area (Å²) in [6.45, 7) is 17.3. The molecule has 0 heteroatoms. The molecule has 0 atom stereocenters. The van der Waals surface area contributed by atoms with Crippen LogP contribution >= 0.6 is 0 Å². The summed E-state index contributed by atoms with van der Waals surface area (Å²) in [5.74, 6) is 0. The van der Waals surface area contributed by atoms with Gasteiger partial charge in [-0.3, -0.25) is 0 Å². The molecule has 0 heterocycles. The highest BCUT2D eigenvalue weighted by atomic mass is 14.1. The van der Waals surface area contributed by atoms with Crippen LogP contribution in [-0.2, 0) is 6.42 Å². The predicted octanol–water partition coefficient (Wildman–Crippen LogP) is 9.10. The van der Waals surface area contributed by atoms with Gasteiger partial charge in [-0.2, -0.15) is 0 Å². The fourth-order valence-corrected chi connectivity index (χ4v) is 3.90. The Hall–Kier alpha value is -3.12. The number of benzene rings is 4. The van der Waals surface area contributed by atoms with E-state index in [0.717, 1.165) is 6.42 Å². The van der Waals surface area contributed by atoms with E-state index < -0.39 is 0 Å². The second kappa shape index (κ2) is 10.7. The fraction of sp³-hybridized carbons (Fsp3) is 0.273. The molecule has 0 nitrogen and oxygen atoms in total. The molecule has 0 aliphatic rings. The zero-order chi connectivity index (χ0) is 24.1. The Morgan fingerprint density at radius 2 is 0.636 bits per heavy atom. The van der Waals surface area contributed by atoms with Gasteiger partial charge in [0.2, 0.25) is 0 Å². The van der Waals surface area contributed by atoms with Gasteiger partial charge in [0, 0.05) is 0 Å². The minimum atomic E-state index is 1.03. The van der Waals surface area contributed by atoms with Crippen LogP contribution in [0.1, 0.15) is 55.6 Å². The number of hydrogen-bond donors (Lipinski definition) is 0. The summed E-state index contributed by atoms with van der Waals surface area (Å²) in [6, 6.07) is 26.8. The Balaban J connectivity index is 0.000000186. The lowest BCUT2D eigenvalue weighted by Crippen LogP contribution is -1.92. The molecule has 4 aromatic rings. The summed E-state index contributed by atoms with van der Waals surface area (Å²) in [7, 11) is 0. The van der Waals surface area contributed by atoms with Crippen molar-refractivity contribution in [2.24, 2.45) is 0 Å². The molecule has 0 unspecified atom stereocenters. The van der Waals surface area contributed by atoms with Crippen LogP contribution in [0.4, 0.5) is 0 Å². The van der Waals surface area contributed by atoms with Gasteiger partial charge in [0.25, 0.3) is 0 Å². The predicted molar refractivity (Wildman–Crippen MR) is 145 cm³/mol. The van der Waals surface area contributed by atoms with Crippen LogP contribution in [0.15, 0.2) is 72.8 Å². The van der Waals surface area contributed by atoms with E-state index in [2.05, 4.69) is 128 Å². The highest BCUT2D eigenvalue weighted by Gasteiger charge is 2.02.